The van der Waals surface area contributed by atoms with Crippen LogP contribution < -0.4 is 10.1 Å². The first-order chi connectivity index (χ1) is 11.9. The molecule has 0 aliphatic carbocycles. The summed E-state index contributed by atoms with van der Waals surface area (Å²) < 4.78 is 6.52. The lowest BCUT2D eigenvalue weighted by Crippen LogP contribution is -2.31. The number of hydrogen-bond donors (Lipinski definition) is 1. The highest BCUT2D eigenvalue weighted by molar-refractivity contribution is 9.10. The number of halogens is 1. The lowest BCUT2D eigenvalue weighted by molar-refractivity contribution is -0.123. The number of benzene rings is 2. The van der Waals surface area contributed by atoms with Gasteiger partial charge in [-0.15, -0.1) is 0 Å². The van der Waals surface area contributed by atoms with E-state index in [1.165, 1.54) is 11.1 Å². The smallest absolute Gasteiger partial charge is 0.258 e. The molecule has 0 radical (unpaired) electrons. The molecule has 2 aromatic rings. The van der Waals surface area contributed by atoms with Crippen molar-refractivity contribution in [1.82, 2.24) is 5.32 Å². The minimum Gasteiger partial charge on any atom is -0.483 e. The molecule has 1 N–H and O–H groups in total. The first-order valence-electron chi connectivity index (χ1n) is 8.71. The van der Waals surface area contributed by atoms with Gasteiger partial charge in [0.2, 0.25) is 0 Å². The molecule has 4 heteroatoms. The van der Waals surface area contributed by atoms with Crippen molar-refractivity contribution in [1.29, 1.82) is 0 Å². The van der Waals surface area contributed by atoms with Crippen molar-refractivity contribution in [3.05, 3.63) is 63.6 Å². The average Bonchev–Trinajstić information content (AvgIpc) is 2.60. The number of carbonyl (C=O) groups excluding carboxylic acids is 1. The van der Waals surface area contributed by atoms with Crippen molar-refractivity contribution in [2.24, 2.45) is 0 Å². The molecule has 2 rings (SSSR count). The van der Waals surface area contributed by atoms with Crippen LogP contribution in [0.2, 0.25) is 0 Å². The van der Waals surface area contributed by atoms with Crippen LogP contribution in [0.1, 0.15) is 56.3 Å². The summed E-state index contributed by atoms with van der Waals surface area (Å²) in [6, 6.07) is 14.2. The molecule has 2 aromatic carbocycles. The number of carbonyl (C=O) groups is 1. The van der Waals surface area contributed by atoms with Gasteiger partial charge in [-0.3, -0.25) is 4.79 Å². The second kappa shape index (κ2) is 9.04. The van der Waals surface area contributed by atoms with Gasteiger partial charge in [-0.1, -0.05) is 51.1 Å². The summed E-state index contributed by atoms with van der Waals surface area (Å²) in [6.07, 6.45) is 1.01. The van der Waals surface area contributed by atoms with Crippen LogP contribution in [-0.2, 0) is 11.2 Å². The van der Waals surface area contributed by atoms with Crippen LogP contribution >= 0.6 is 15.9 Å². The maximum absolute atomic E-state index is 12.2. The Balaban J connectivity index is 1.89. The minimum absolute atomic E-state index is 0.00297. The summed E-state index contributed by atoms with van der Waals surface area (Å²) in [7, 11) is 0. The van der Waals surface area contributed by atoms with E-state index in [1.54, 1.807) is 0 Å². The average molecular weight is 404 g/mol. The zero-order chi connectivity index (χ0) is 18.4. The molecule has 0 heterocycles. The Morgan fingerprint density at radius 1 is 1.08 bits per heavy atom. The predicted octanol–water partition coefficient (Wildman–Crippen LogP) is 5.39. The lowest BCUT2D eigenvalue weighted by atomic mass is 10.0. The van der Waals surface area contributed by atoms with Crippen LogP contribution in [0.15, 0.2) is 46.9 Å². The highest BCUT2D eigenvalue weighted by Gasteiger charge is 2.12. The molecule has 0 spiro atoms. The second-order valence-electron chi connectivity index (χ2n) is 6.52. The molecule has 1 amide bonds. The number of hydrogen-bond acceptors (Lipinski definition) is 2. The third-order valence-electron chi connectivity index (χ3n) is 4.25. The van der Waals surface area contributed by atoms with Crippen molar-refractivity contribution >= 4 is 21.8 Å². The van der Waals surface area contributed by atoms with Gasteiger partial charge in [-0.2, -0.15) is 0 Å². The third kappa shape index (κ3) is 5.60. The van der Waals surface area contributed by atoms with Crippen molar-refractivity contribution < 1.29 is 9.53 Å². The second-order valence-corrected chi connectivity index (χ2v) is 7.37. The van der Waals surface area contributed by atoms with Crippen molar-refractivity contribution in [3.63, 3.8) is 0 Å². The highest BCUT2D eigenvalue weighted by atomic mass is 79.9. The van der Waals surface area contributed by atoms with Gasteiger partial charge in [0, 0.05) is 0 Å². The molecule has 0 saturated carbocycles. The standard InChI is InChI=1S/C21H26BrNO2/c1-5-16-6-8-17(9-7-16)15(4)23-21(24)13-25-20-11-10-18(14(2)3)12-19(20)22/h6-12,14-15H,5,13H2,1-4H3,(H,23,24)/t15-/m1/s1. The zero-order valence-electron chi connectivity index (χ0n) is 15.3. The number of ether oxygens (including phenoxy) is 1. The van der Waals surface area contributed by atoms with Crippen molar-refractivity contribution in [3.8, 4) is 5.75 Å². The molecular formula is C21H26BrNO2. The van der Waals surface area contributed by atoms with E-state index in [0.29, 0.717) is 11.7 Å². The first-order valence-corrected chi connectivity index (χ1v) is 9.50. The van der Waals surface area contributed by atoms with E-state index in [1.807, 2.05) is 25.1 Å². The molecule has 25 heavy (non-hydrogen) atoms. The molecule has 1 atom stereocenters. The Bertz CT molecular complexity index is 710. The number of nitrogens with one attached hydrogen (secondary N) is 1. The molecule has 0 saturated heterocycles. The van der Waals surface area contributed by atoms with Crippen LogP contribution in [-0.4, -0.2) is 12.5 Å². The van der Waals surface area contributed by atoms with E-state index in [9.17, 15) is 4.79 Å². The Morgan fingerprint density at radius 3 is 2.28 bits per heavy atom. The van der Waals surface area contributed by atoms with Gasteiger partial charge in [0.15, 0.2) is 6.61 Å². The van der Waals surface area contributed by atoms with Gasteiger partial charge in [0.1, 0.15) is 5.75 Å². The van der Waals surface area contributed by atoms with Crippen molar-refractivity contribution in [2.45, 2.75) is 46.1 Å². The fourth-order valence-electron chi connectivity index (χ4n) is 2.55. The van der Waals surface area contributed by atoms with Crippen LogP contribution in [0.5, 0.6) is 5.75 Å². The molecule has 0 aromatic heterocycles. The largest absolute Gasteiger partial charge is 0.483 e. The fourth-order valence-corrected chi connectivity index (χ4v) is 3.06. The van der Waals surface area contributed by atoms with Gasteiger partial charge < -0.3 is 10.1 Å². The maximum atomic E-state index is 12.2. The fraction of sp³-hybridized carbons (Fsp3) is 0.381. The van der Waals surface area contributed by atoms with E-state index in [-0.39, 0.29) is 18.6 Å². The Kier molecular flexibility index (Phi) is 7.06. The highest BCUT2D eigenvalue weighted by Crippen LogP contribution is 2.28. The molecular weight excluding hydrogens is 378 g/mol. The summed E-state index contributed by atoms with van der Waals surface area (Å²) in [5, 5.41) is 2.97. The summed E-state index contributed by atoms with van der Waals surface area (Å²) in [5.41, 5.74) is 3.61. The van der Waals surface area contributed by atoms with Gasteiger partial charge >= 0.3 is 0 Å². The van der Waals surface area contributed by atoms with Crippen LogP contribution in [0.25, 0.3) is 0 Å². The Hall–Kier alpha value is -1.81. The van der Waals surface area contributed by atoms with E-state index >= 15 is 0 Å². The van der Waals surface area contributed by atoms with Crippen LogP contribution in [0.3, 0.4) is 0 Å². The third-order valence-corrected chi connectivity index (χ3v) is 4.87. The Labute approximate surface area is 158 Å². The molecule has 0 unspecified atom stereocenters. The molecule has 3 nitrogen and oxygen atoms in total. The first kappa shape index (κ1) is 19.5. The monoisotopic (exact) mass is 403 g/mol. The summed E-state index contributed by atoms with van der Waals surface area (Å²) in [4.78, 5) is 12.2. The van der Waals surface area contributed by atoms with Crippen LogP contribution in [0, 0.1) is 0 Å². The number of amides is 1. The number of rotatable bonds is 7. The summed E-state index contributed by atoms with van der Waals surface area (Å²) in [5.74, 6) is 1.00. The van der Waals surface area contributed by atoms with E-state index in [0.717, 1.165) is 16.5 Å². The number of aryl methyl sites for hydroxylation is 1. The molecule has 134 valence electrons. The van der Waals surface area contributed by atoms with Crippen molar-refractivity contribution in [2.75, 3.05) is 6.61 Å². The molecule has 0 aliphatic rings. The maximum Gasteiger partial charge on any atom is 0.258 e. The quantitative estimate of drug-likeness (QED) is 0.672. The van der Waals surface area contributed by atoms with Crippen LogP contribution in [0.4, 0.5) is 0 Å². The Morgan fingerprint density at radius 2 is 1.72 bits per heavy atom. The molecule has 0 bridgehead atoms. The van der Waals surface area contributed by atoms with Gasteiger partial charge in [0.05, 0.1) is 10.5 Å². The summed E-state index contributed by atoms with van der Waals surface area (Å²) in [6.45, 7) is 8.39. The van der Waals surface area contributed by atoms with Gasteiger partial charge in [-0.25, -0.2) is 0 Å². The van der Waals surface area contributed by atoms with E-state index < -0.39 is 0 Å². The normalized spacial score (nSPS) is 12.1. The topological polar surface area (TPSA) is 38.3 Å². The summed E-state index contributed by atoms with van der Waals surface area (Å²) >= 11 is 3.51. The predicted molar refractivity (Wildman–Crippen MR) is 106 cm³/mol. The lowest BCUT2D eigenvalue weighted by Gasteiger charge is -2.16. The zero-order valence-corrected chi connectivity index (χ0v) is 16.9. The van der Waals surface area contributed by atoms with E-state index in [2.05, 4.69) is 66.3 Å². The SMILES string of the molecule is CCc1ccc([C@@H](C)NC(=O)COc2ccc(C(C)C)cc2Br)cc1. The molecule has 0 aliphatic heterocycles. The van der Waals surface area contributed by atoms with Gasteiger partial charge in [-0.05, 0) is 64.0 Å². The minimum atomic E-state index is -0.132. The van der Waals surface area contributed by atoms with E-state index in [4.69, 9.17) is 4.74 Å². The molecule has 0 fully saturated rings. The van der Waals surface area contributed by atoms with Gasteiger partial charge in [0.25, 0.3) is 5.91 Å².